The van der Waals surface area contributed by atoms with E-state index in [4.69, 9.17) is 9.47 Å². The summed E-state index contributed by atoms with van der Waals surface area (Å²) >= 11 is 0. The van der Waals surface area contributed by atoms with Crippen LogP contribution in [-0.2, 0) is 4.74 Å². The highest BCUT2D eigenvalue weighted by molar-refractivity contribution is 5.29. The maximum atomic E-state index is 5.67. The number of rotatable bonds is 6. The Morgan fingerprint density at radius 3 is 3.10 bits per heavy atom. The zero-order valence-electron chi connectivity index (χ0n) is 11.8. The summed E-state index contributed by atoms with van der Waals surface area (Å²) in [6, 6.07) is 0.276. The number of nitrogens with one attached hydrogen (secondary N) is 1. The Hall–Kier alpha value is -2.29. The lowest BCUT2D eigenvalue weighted by molar-refractivity contribution is 0.163. The van der Waals surface area contributed by atoms with Gasteiger partial charge in [-0.3, -0.25) is 0 Å². The predicted molar refractivity (Wildman–Crippen MR) is 73.3 cm³/mol. The van der Waals surface area contributed by atoms with Crippen LogP contribution in [0.15, 0.2) is 12.7 Å². The first-order valence-electron chi connectivity index (χ1n) is 6.90. The minimum Gasteiger partial charge on any atom is -0.463 e. The van der Waals surface area contributed by atoms with E-state index in [0.717, 1.165) is 19.6 Å². The number of ether oxygens (including phenoxy) is 2. The molecule has 1 atom stereocenters. The van der Waals surface area contributed by atoms with Gasteiger partial charge >= 0.3 is 6.01 Å². The van der Waals surface area contributed by atoms with Crippen molar-refractivity contribution < 1.29 is 9.47 Å². The zero-order chi connectivity index (χ0) is 14.5. The first-order chi connectivity index (χ1) is 10.3. The van der Waals surface area contributed by atoms with Crippen LogP contribution in [0.3, 0.4) is 0 Å². The molecule has 3 rings (SSSR count). The molecule has 9 nitrogen and oxygen atoms in total. The molecule has 3 heterocycles. The van der Waals surface area contributed by atoms with Gasteiger partial charge in [-0.15, -0.1) is 0 Å². The molecule has 1 aliphatic heterocycles. The van der Waals surface area contributed by atoms with Gasteiger partial charge in [0.1, 0.15) is 12.7 Å². The van der Waals surface area contributed by atoms with Gasteiger partial charge in [-0.1, -0.05) is 0 Å². The van der Waals surface area contributed by atoms with Gasteiger partial charge in [0.15, 0.2) is 0 Å². The molecule has 0 spiro atoms. The van der Waals surface area contributed by atoms with E-state index in [1.54, 1.807) is 0 Å². The molecule has 2 aromatic heterocycles. The second-order valence-corrected chi connectivity index (χ2v) is 4.65. The molecule has 112 valence electrons. The molecule has 0 saturated carbocycles. The number of aromatic nitrogens is 6. The highest BCUT2D eigenvalue weighted by Gasteiger charge is 2.17. The third-order valence-electron chi connectivity index (χ3n) is 3.03. The van der Waals surface area contributed by atoms with Crippen molar-refractivity contribution in [1.29, 1.82) is 0 Å². The topological polar surface area (TPSA) is 99.9 Å². The number of anilines is 1. The molecule has 1 unspecified atom stereocenters. The number of hydrogen-bond donors (Lipinski definition) is 1. The Balaban J connectivity index is 1.77. The summed E-state index contributed by atoms with van der Waals surface area (Å²) in [6.07, 6.45) is 3.95. The summed E-state index contributed by atoms with van der Waals surface area (Å²) in [5.74, 6) is 1.21. The molecule has 0 bridgehead atoms. The predicted octanol–water partition coefficient (Wildman–Crippen LogP) is 0.299. The largest absolute Gasteiger partial charge is 0.463 e. The molecule has 0 amide bonds. The fourth-order valence-corrected chi connectivity index (χ4v) is 1.97. The van der Waals surface area contributed by atoms with Crippen molar-refractivity contribution in [3.63, 3.8) is 0 Å². The molecule has 1 fully saturated rings. The van der Waals surface area contributed by atoms with Gasteiger partial charge in [0.2, 0.25) is 5.95 Å². The molecular weight excluding hydrogens is 274 g/mol. The molecule has 1 aliphatic rings. The summed E-state index contributed by atoms with van der Waals surface area (Å²) in [5.41, 5.74) is 0. The minimum atomic E-state index is 0.276. The van der Waals surface area contributed by atoms with E-state index in [9.17, 15) is 0 Å². The fraction of sp³-hybridized carbons (Fsp3) is 0.583. The average Bonchev–Trinajstić information content (AvgIpc) is 3.19. The monoisotopic (exact) mass is 291 g/mol. The zero-order valence-corrected chi connectivity index (χ0v) is 11.8. The standard InChI is InChI=1S/C12H17N7O2/c1-2-14-10-16-11(19-8-13-7-15-19)18-12(17-10)21-6-9-3-4-20-5-9/h7-9H,2-6H2,1H3,(H,14,16,17,18). The van der Waals surface area contributed by atoms with Crippen molar-refractivity contribution in [3.05, 3.63) is 12.7 Å². The van der Waals surface area contributed by atoms with E-state index in [0.29, 0.717) is 31.0 Å². The van der Waals surface area contributed by atoms with Crippen LogP contribution in [-0.4, -0.2) is 56.1 Å². The quantitative estimate of drug-likeness (QED) is 0.811. The Bertz CT molecular complexity index is 569. The van der Waals surface area contributed by atoms with E-state index in [1.807, 2.05) is 6.92 Å². The molecule has 0 aromatic carbocycles. The van der Waals surface area contributed by atoms with Crippen LogP contribution in [0.4, 0.5) is 5.95 Å². The summed E-state index contributed by atoms with van der Waals surface area (Å²) in [4.78, 5) is 16.6. The minimum absolute atomic E-state index is 0.276. The second kappa shape index (κ2) is 6.44. The molecule has 0 aliphatic carbocycles. The number of nitrogens with zero attached hydrogens (tertiary/aromatic N) is 6. The average molecular weight is 291 g/mol. The van der Waals surface area contributed by atoms with Crippen LogP contribution < -0.4 is 10.1 Å². The van der Waals surface area contributed by atoms with Crippen LogP contribution in [0.2, 0.25) is 0 Å². The first-order valence-corrected chi connectivity index (χ1v) is 6.90. The van der Waals surface area contributed by atoms with Gasteiger partial charge in [0.05, 0.1) is 13.2 Å². The smallest absolute Gasteiger partial charge is 0.323 e. The Morgan fingerprint density at radius 1 is 1.43 bits per heavy atom. The maximum absolute atomic E-state index is 5.67. The molecular formula is C12H17N7O2. The van der Waals surface area contributed by atoms with Gasteiger partial charge in [-0.25, -0.2) is 4.98 Å². The van der Waals surface area contributed by atoms with Crippen LogP contribution in [0.25, 0.3) is 5.95 Å². The van der Waals surface area contributed by atoms with Crippen molar-refractivity contribution in [2.45, 2.75) is 13.3 Å². The van der Waals surface area contributed by atoms with Gasteiger partial charge in [0, 0.05) is 19.1 Å². The summed E-state index contributed by atoms with van der Waals surface area (Å²) in [6.45, 7) is 4.72. The van der Waals surface area contributed by atoms with E-state index >= 15 is 0 Å². The molecule has 21 heavy (non-hydrogen) atoms. The van der Waals surface area contributed by atoms with E-state index in [1.165, 1.54) is 17.3 Å². The van der Waals surface area contributed by atoms with Crippen molar-refractivity contribution in [1.82, 2.24) is 29.7 Å². The lowest BCUT2D eigenvalue weighted by Crippen LogP contribution is -2.15. The maximum Gasteiger partial charge on any atom is 0.323 e. The lowest BCUT2D eigenvalue weighted by Gasteiger charge is -2.10. The summed E-state index contributed by atoms with van der Waals surface area (Å²) in [5, 5.41) is 7.07. The summed E-state index contributed by atoms with van der Waals surface area (Å²) < 4.78 is 12.5. The van der Waals surface area contributed by atoms with E-state index in [2.05, 4.69) is 30.4 Å². The molecule has 1 N–H and O–H groups in total. The first kappa shape index (κ1) is 13.7. The normalized spacial score (nSPS) is 17.9. The highest BCUT2D eigenvalue weighted by Crippen LogP contribution is 2.15. The Labute approximate surface area is 121 Å². The summed E-state index contributed by atoms with van der Waals surface area (Å²) in [7, 11) is 0. The Kier molecular flexibility index (Phi) is 4.20. The highest BCUT2D eigenvalue weighted by atomic mass is 16.5. The number of hydrogen-bond acceptors (Lipinski definition) is 8. The fourth-order valence-electron chi connectivity index (χ4n) is 1.97. The molecule has 2 aromatic rings. The van der Waals surface area contributed by atoms with Crippen LogP contribution in [0.1, 0.15) is 13.3 Å². The van der Waals surface area contributed by atoms with Gasteiger partial charge in [-0.2, -0.15) is 24.7 Å². The van der Waals surface area contributed by atoms with Crippen LogP contribution >= 0.6 is 0 Å². The molecule has 9 heteroatoms. The van der Waals surface area contributed by atoms with Gasteiger partial charge < -0.3 is 14.8 Å². The van der Waals surface area contributed by atoms with Crippen molar-refractivity contribution in [2.75, 3.05) is 31.7 Å². The van der Waals surface area contributed by atoms with Crippen molar-refractivity contribution >= 4 is 5.95 Å². The van der Waals surface area contributed by atoms with Crippen molar-refractivity contribution in [2.24, 2.45) is 5.92 Å². The van der Waals surface area contributed by atoms with Gasteiger partial charge in [0.25, 0.3) is 5.95 Å². The van der Waals surface area contributed by atoms with Crippen molar-refractivity contribution in [3.8, 4) is 12.0 Å². The van der Waals surface area contributed by atoms with E-state index < -0.39 is 0 Å². The third-order valence-corrected chi connectivity index (χ3v) is 3.03. The lowest BCUT2D eigenvalue weighted by atomic mass is 10.1. The Morgan fingerprint density at radius 2 is 2.38 bits per heavy atom. The molecule has 1 saturated heterocycles. The SMILES string of the molecule is CCNc1nc(OCC2CCOC2)nc(-n2cncn2)n1. The van der Waals surface area contributed by atoms with Crippen LogP contribution in [0.5, 0.6) is 6.01 Å². The van der Waals surface area contributed by atoms with Crippen LogP contribution in [0, 0.1) is 5.92 Å². The van der Waals surface area contributed by atoms with Gasteiger partial charge in [-0.05, 0) is 13.3 Å². The third kappa shape index (κ3) is 3.43. The molecule has 0 radical (unpaired) electrons. The van der Waals surface area contributed by atoms with E-state index in [-0.39, 0.29) is 6.01 Å². The second-order valence-electron chi connectivity index (χ2n) is 4.65.